The molecule has 2 aliphatic heterocycles. The molecule has 0 aromatic heterocycles. The number of alkyl carbamates (subject to hydrolysis) is 1. The highest BCUT2D eigenvalue weighted by atomic mass is 35.5. The molecule has 0 aromatic carbocycles. The summed E-state index contributed by atoms with van der Waals surface area (Å²) in [5.41, 5.74) is 6.11. The molecule has 3 aliphatic rings. The van der Waals surface area contributed by atoms with Gasteiger partial charge >= 0.3 is 6.09 Å². The van der Waals surface area contributed by atoms with Gasteiger partial charge in [0.2, 0.25) is 0 Å². The van der Waals surface area contributed by atoms with E-state index in [0.717, 1.165) is 22.7 Å². The van der Waals surface area contributed by atoms with Crippen molar-refractivity contribution in [2.24, 2.45) is 27.6 Å². The molecule has 31 heavy (non-hydrogen) atoms. The Morgan fingerprint density at radius 3 is 2.87 bits per heavy atom. The molecule has 1 fully saturated rings. The van der Waals surface area contributed by atoms with Gasteiger partial charge in [-0.2, -0.15) is 0 Å². The van der Waals surface area contributed by atoms with Gasteiger partial charge in [-0.1, -0.05) is 36.4 Å². The largest absolute Gasteiger partial charge is 0.444 e. The number of thioether (sulfide) groups is 1. The lowest BCUT2D eigenvalue weighted by Crippen LogP contribution is -2.30. The second-order valence-corrected chi connectivity index (χ2v) is 10.3. The van der Waals surface area contributed by atoms with Crippen molar-refractivity contribution in [3.05, 3.63) is 32.9 Å². The number of nitrogens with zero attached hydrogens (tertiary/aromatic N) is 2. The van der Waals surface area contributed by atoms with Crippen LogP contribution in [0.2, 0.25) is 0 Å². The highest BCUT2D eigenvalue weighted by molar-refractivity contribution is 8.07. The average Bonchev–Trinajstić information content (AvgIpc) is 3.44. The van der Waals surface area contributed by atoms with Crippen molar-refractivity contribution in [1.29, 1.82) is 5.41 Å². The quantitative estimate of drug-likeness (QED) is 0.346. The van der Waals surface area contributed by atoms with Crippen LogP contribution in [0.15, 0.2) is 42.9 Å². The van der Waals surface area contributed by atoms with Gasteiger partial charge in [-0.05, 0) is 39.5 Å². The van der Waals surface area contributed by atoms with Gasteiger partial charge in [-0.25, -0.2) is 9.79 Å². The number of aliphatic imine (C=N–C) groups is 2. The first kappa shape index (κ1) is 23.4. The van der Waals surface area contributed by atoms with Gasteiger partial charge in [0.25, 0.3) is 0 Å². The van der Waals surface area contributed by atoms with Crippen LogP contribution in [0.3, 0.4) is 0 Å². The lowest BCUT2D eigenvalue weighted by molar-refractivity contribution is 0.0552. The zero-order chi connectivity index (χ0) is 22.8. The molecule has 0 spiro atoms. The van der Waals surface area contributed by atoms with Gasteiger partial charge in [0.05, 0.1) is 16.5 Å². The van der Waals surface area contributed by atoms with E-state index in [1.165, 1.54) is 11.8 Å². The van der Waals surface area contributed by atoms with E-state index >= 15 is 0 Å². The van der Waals surface area contributed by atoms with Gasteiger partial charge in [0.1, 0.15) is 23.1 Å². The van der Waals surface area contributed by atoms with E-state index in [-0.39, 0.29) is 5.92 Å². The number of hydrogen-bond acceptors (Lipinski definition) is 7. The fourth-order valence-electron chi connectivity index (χ4n) is 2.91. The maximum Gasteiger partial charge on any atom is 0.411 e. The van der Waals surface area contributed by atoms with Crippen LogP contribution in [-0.2, 0) is 4.74 Å². The highest BCUT2D eigenvalue weighted by Crippen LogP contribution is 2.40. The summed E-state index contributed by atoms with van der Waals surface area (Å²) in [6, 6.07) is 0. The van der Waals surface area contributed by atoms with Crippen molar-refractivity contribution in [3.8, 4) is 0 Å². The number of nitrogens with one attached hydrogen (secondary N) is 3. The molecule has 5 N–H and O–H groups in total. The summed E-state index contributed by atoms with van der Waals surface area (Å²) in [6.45, 7) is 7.80. The number of allylic oxidation sites excluding steroid dienone is 2. The summed E-state index contributed by atoms with van der Waals surface area (Å²) >= 11 is 7.81. The molecule has 2 heterocycles. The fraction of sp³-hybridized carbons (Fsp3) is 0.524. The summed E-state index contributed by atoms with van der Waals surface area (Å²) < 4.78 is 5.27. The van der Waals surface area contributed by atoms with Crippen LogP contribution in [0.1, 0.15) is 47.0 Å². The third-order valence-corrected chi connectivity index (χ3v) is 6.18. The molecule has 1 amide bonds. The van der Waals surface area contributed by atoms with Crippen LogP contribution >= 0.6 is 23.4 Å². The van der Waals surface area contributed by atoms with Crippen LogP contribution in [0.5, 0.6) is 0 Å². The Balaban J connectivity index is 1.60. The first-order valence-electron chi connectivity index (χ1n) is 10.2. The van der Waals surface area contributed by atoms with Crippen molar-refractivity contribution in [2.45, 2.75) is 52.6 Å². The lowest BCUT2D eigenvalue weighted by Gasteiger charge is -2.19. The minimum Gasteiger partial charge on any atom is -0.444 e. The molecular weight excluding hydrogens is 436 g/mol. The number of carbonyl (C=O) groups excluding carboxylic acids is 1. The number of ether oxygens (including phenoxy) is 1. The van der Waals surface area contributed by atoms with E-state index in [1.54, 1.807) is 6.20 Å². The van der Waals surface area contributed by atoms with E-state index in [2.05, 4.69) is 26.7 Å². The second-order valence-electron chi connectivity index (χ2n) is 8.74. The van der Waals surface area contributed by atoms with Gasteiger partial charge in [-0.15, -0.1) is 0 Å². The van der Waals surface area contributed by atoms with Gasteiger partial charge in [0, 0.05) is 29.2 Å². The predicted octanol–water partition coefficient (Wildman–Crippen LogP) is 4.21. The molecule has 8 nitrogen and oxygen atoms in total. The zero-order valence-corrected chi connectivity index (χ0v) is 19.8. The molecule has 0 aromatic rings. The minimum absolute atomic E-state index is 0.108. The van der Waals surface area contributed by atoms with Gasteiger partial charge in [-0.3, -0.25) is 10.3 Å². The Hall–Kier alpha value is -2.26. The molecular formula is C21H29ClN6O2S. The molecule has 1 aliphatic carbocycles. The molecule has 3 rings (SSSR count). The van der Waals surface area contributed by atoms with E-state index in [1.807, 2.05) is 27.7 Å². The van der Waals surface area contributed by atoms with Crippen LogP contribution in [0.4, 0.5) is 4.79 Å². The topological polar surface area (TPSA) is 125 Å². The normalized spacial score (nSPS) is 23.3. The summed E-state index contributed by atoms with van der Waals surface area (Å²) in [7, 11) is 0. The number of rotatable bonds is 6. The predicted molar refractivity (Wildman–Crippen MR) is 127 cm³/mol. The molecule has 1 unspecified atom stereocenters. The maximum atomic E-state index is 11.9. The molecule has 0 saturated heterocycles. The Kier molecular flexibility index (Phi) is 7.16. The van der Waals surface area contributed by atoms with E-state index in [4.69, 9.17) is 27.5 Å². The monoisotopic (exact) mass is 464 g/mol. The Bertz CT molecular complexity index is 925. The Labute approximate surface area is 192 Å². The van der Waals surface area contributed by atoms with Crippen molar-refractivity contribution in [1.82, 2.24) is 10.6 Å². The molecule has 10 heteroatoms. The Morgan fingerprint density at radius 1 is 1.52 bits per heavy atom. The minimum atomic E-state index is -0.553. The number of amides is 1. The number of hydrogen-bond donors (Lipinski definition) is 4. The molecule has 0 bridgehead atoms. The van der Waals surface area contributed by atoms with E-state index in [0.29, 0.717) is 47.1 Å². The second kappa shape index (κ2) is 9.48. The van der Waals surface area contributed by atoms with E-state index in [9.17, 15) is 4.79 Å². The zero-order valence-electron chi connectivity index (χ0n) is 18.2. The molecule has 168 valence electrons. The van der Waals surface area contributed by atoms with Crippen molar-refractivity contribution >= 4 is 46.8 Å². The van der Waals surface area contributed by atoms with Crippen LogP contribution in [-0.4, -0.2) is 35.6 Å². The number of nitrogens with two attached hydrogens (primary N) is 1. The number of halogens is 1. The first-order valence-corrected chi connectivity index (χ1v) is 11.4. The number of amidine groups is 2. The Morgan fingerprint density at radius 2 is 2.23 bits per heavy atom. The molecule has 1 atom stereocenters. The highest BCUT2D eigenvalue weighted by Gasteiger charge is 2.28. The van der Waals surface area contributed by atoms with Crippen LogP contribution < -0.4 is 16.4 Å². The van der Waals surface area contributed by atoms with Crippen molar-refractivity contribution < 1.29 is 9.53 Å². The SMILES string of the molecule is CC1C=C(C2=NCC(Cl)=C(N=C(N)CC(=N)C3CC3)N2)S/C1=C/NC(=O)OC(C)(C)C. The summed E-state index contributed by atoms with van der Waals surface area (Å²) in [5.74, 6) is 1.95. The maximum absolute atomic E-state index is 11.9. The van der Waals surface area contributed by atoms with Gasteiger partial charge < -0.3 is 21.2 Å². The van der Waals surface area contributed by atoms with E-state index < -0.39 is 11.7 Å². The smallest absolute Gasteiger partial charge is 0.411 e. The standard InChI is InChI=1S/C21H29ClN6O2S/c1-11-7-15(31-16(11)10-26-20(29)30-21(2,3)4)19-25-9-13(22)18(28-19)27-17(24)8-14(23)12-5-6-12/h7,10-12,23H,5-6,8-9H2,1-4H3,(H2,24,27)(H,25,28)(H,26,29)/b16-10+,23-14?. The molecule has 0 radical (unpaired) electrons. The third kappa shape index (κ3) is 6.87. The third-order valence-electron chi connectivity index (χ3n) is 4.61. The van der Waals surface area contributed by atoms with Crippen molar-refractivity contribution in [2.75, 3.05) is 6.54 Å². The average molecular weight is 465 g/mol. The van der Waals surface area contributed by atoms with Crippen molar-refractivity contribution in [3.63, 3.8) is 0 Å². The first-order chi connectivity index (χ1) is 14.5. The summed E-state index contributed by atoms with van der Waals surface area (Å²) in [6.07, 6.45) is 5.71. The lowest BCUT2D eigenvalue weighted by atomic mass is 10.1. The number of carbonyl (C=O) groups is 1. The van der Waals surface area contributed by atoms with Crippen LogP contribution in [0, 0.1) is 17.2 Å². The van der Waals surface area contributed by atoms with Crippen LogP contribution in [0.25, 0.3) is 0 Å². The molecule has 1 saturated carbocycles. The summed E-state index contributed by atoms with van der Waals surface area (Å²) in [4.78, 5) is 22.7. The summed E-state index contributed by atoms with van der Waals surface area (Å²) in [5, 5.41) is 14.4. The fourth-order valence-corrected chi connectivity index (χ4v) is 4.17. The van der Waals surface area contributed by atoms with Gasteiger partial charge in [0.15, 0.2) is 0 Å².